The van der Waals surface area contributed by atoms with Crippen LogP contribution in [0.4, 0.5) is 0 Å². The van der Waals surface area contributed by atoms with Crippen LogP contribution in [0.3, 0.4) is 0 Å². The van der Waals surface area contributed by atoms with Gasteiger partial charge in [-0.2, -0.15) is 0 Å². The Morgan fingerprint density at radius 1 is 1.50 bits per heavy atom. The van der Waals surface area contributed by atoms with E-state index in [4.69, 9.17) is 10.7 Å². The van der Waals surface area contributed by atoms with Gasteiger partial charge in [-0.25, -0.2) is 8.42 Å². The topological polar surface area (TPSA) is 46.2 Å². The second-order valence-corrected chi connectivity index (χ2v) is 5.00. The Morgan fingerprint density at radius 3 is 2.30 bits per heavy atom. The van der Waals surface area contributed by atoms with E-state index in [0.717, 1.165) is 6.54 Å². The van der Waals surface area contributed by atoms with E-state index in [9.17, 15) is 8.42 Å². The number of halogens is 2. The van der Waals surface area contributed by atoms with Gasteiger partial charge in [0, 0.05) is 17.2 Å². The summed E-state index contributed by atoms with van der Waals surface area (Å²) in [5.74, 6) is 0. The molecule has 62 valence electrons. The number of hydrogen-bond acceptors (Lipinski definition) is 3. The van der Waals surface area contributed by atoms with Crippen LogP contribution in [0.1, 0.15) is 6.42 Å². The molecule has 1 heterocycles. The van der Waals surface area contributed by atoms with E-state index in [1.165, 1.54) is 0 Å². The summed E-state index contributed by atoms with van der Waals surface area (Å²) in [5, 5.41) is 2.55. The molecule has 1 fully saturated rings. The molecular weight excluding hydrogens is 197 g/mol. The van der Waals surface area contributed by atoms with Crippen LogP contribution in [-0.2, 0) is 9.05 Å². The molecule has 0 saturated carbocycles. The highest BCUT2D eigenvalue weighted by atomic mass is 35.7. The van der Waals surface area contributed by atoms with Gasteiger partial charge < -0.3 is 5.32 Å². The first-order chi connectivity index (χ1) is 4.11. The van der Waals surface area contributed by atoms with Gasteiger partial charge in [0.2, 0.25) is 9.05 Å². The van der Waals surface area contributed by atoms with E-state index in [1.54, 1.807) is 0 Å². The molecule has 0 aromatic carbocycles. The predicted octanol–water partition coefficient (Wildman–Crippen LogP) is 0.339. The average molecular weight is 206 g/mol. The van der Waals surface area contributed by atoms with Crippen molar-refractivity contribution in [2.45, 2.75) is 11.7 Å². The smallest absolute Gasteiger partial charge is 0.236 e. The van der Waals surface area contributed by atoms with Gasteiger partial charge >= 0.3 is 0 Å². The Kier molecular flexibility index (Phi) is 3.94. The summed E-state index contributed by atoms with van der Waals surface area (Å²) < 4.78 is 21.1. The van der Waals surface area contributed by atoms with E-state index >= 15 is 0 Å². The molecule has 1 rings (SSSR count). The minimum atomic E-state index is -3.29. The second kappa shape index (κ2) is 3.76. The van der Waals surface area contributed by atoms with Crippen LogP contribution in [0.25, 0.3) is 0 Å². The minimum absolute atomic E-state index is 0. The molecule has 1 unspecified atom stereocenters. The molecule has 1 aliphatic heterocycles. The van der Waals surface area contributed by atoms with E-state index in [-0.39, 0.29) is 17.7 Å². The number of hydrogen-bond donors (Lipinski definition) is 1. The molecule has 0 radical (unpaired) electrons. The van der Waals surface area contributed by atoms with Crippen molar-refractivity contribution < 1.29 is 8.42 Å². The molecule has 0 aliphatic carbocycles. The first-order valence-corrected chi connectivity index (χ1v) is 5.12. The molecular formula is C4H9Cl2NO2S. The van der Waals surface area contributed by atoms with Crippen molar-refractivity contribution >= 4 is 32.1 Å². The maximum Gasteiger partial charge on any atom is 0.236 e. The van der Waals surface area contributed by atoms with Crippen molar-refractivity contribution in [2.24, 2.45) is 0 Å². The lowest BCUT2D eigenvalue weighted by Crippen LogP contribution is -2.19. The molecule has 6 heteroatoms. The maximum atomic E-state index is 10.6. The highest BCUT2D eigenvalue weighted by molar-refractivity contribution is 8.14. The third-order valence-corrected chi connectivity index (χ3v) is 3.37. The summed E-state index contributed by atoms with van der Waals surface area (Å²) in [4.78, 5) is 0. The number of nitrogens with one attached hydrogen (secondary N) is 1. The molecule has 1 N–H and O–H groups in total. The van der Waals surface area contributed by atoms with Crippen LogP contribution in [-0.4, -0.2) is 26.8 Å². The molecule has 3 nitrogen and oxygen atoms in total. The zero-order chi connectivity index (χ0) is 6.91. The van der Waals surface area contributed by atoms with Crippen LogP contribution in [0.15, 0.2) is 0 Å². The normalized spacial score (nSPS) is 25.9. The van der Waals surface area contributed by atoms with Crippen LogP contribution in [0, 0.1) is 0 Å². The van der Waals surface area contributed by atoms with E-state index in [1.807, 2.05) is 0 Å². The van der Waals surface area contributed by atoms with E-state index in [0.29, 0.717) is 13.0 Å². The molecule has 0 amide bonds. The Morgan fingerprint density at radius 2 is 2.10 bits per heavy atom. The molecule has 0 spiro atoms. The first kappa shape index (κ1) is 10.5. The zero-order valence-electron chi connectivity index (χ0n) is 5.21. The van der Waals surface area contributed by atoms with Gasteiger partial charge in [0.25, 0.3) is 0 Å². The summed E-state index contributed by atoms with van der Waals surface area (Å²) in [6.45, 7) is 1.27. The highest BCUT2D eigenvalue weighted by Crippen LogP contribution is 2.13. The van der Waals surface area contributed by atoms with Crippen LogP contribution < -0.4 is 5.32 Å². The fraction of sp³-hybridized carbons (Fsp3) is 1.00. The van der Waals surface area contributed by atoms with Crippen molar-refractivity contribution in [2.75, 3.05) is 13.1 Å². The summed E-state index contributed by atoms with van der Waals surface area (Å²) >= 11 is 0. The van der Waals surface area contributed by atoms with Crippen LogP contribution in [0.2, 0.25) is 0 Å². The van der Waals surface area contributed by atoms with Crippen LogP contribution in [0.5, 0.6) is 0 Å². The van der Waals surface area contributed by atoms with Gasteiger partial charge in [-0.1, -0.05) is 0 Å². The molecule has 0 aromatic rings. The minimum Gasteiger partial charge on any atom is -0.315 e. The quantitative estimate of drug-likeness (QED) is 0.629. The predicted molar refractivity (Wildman–Crippen MR) is 43.3 cm³/mol. The summed E-state index contributed by atoms with van der Waals surface area (Å²) in [6.07, 6.45) is 0.645. The zero-order valence-corrected chi connectivity index (χ0v) is 7.60. The standard InChI is InChI=1S/C4H8ClNO2S.ClH/c5-9(7,8)4-1-2-6-3-4;/h4,6H,1-3H2;1H. The van der Waals surface area contributed by atoms with Gasteiger partial charge in [0.15, 0.2) is 0 Å². The fourth-order valence-electron chi connectivity index (χ4n) is 0.868. The third-order valence-electron chi connectivity index (χ3n) is 1.41. The largest absolute Gasteiger partial charge is 0.315 e. The lowest BCUT2D eigenvalue weighted by molar-refractivity contribution is 0.597. The average Bonchev–Trinajstić information content (AvgIpc) is 2.08. The molecule has 10 heavy (non-hydrogen) atoms. The third kappa shape index (κ3) is 2.62. The molecule has 0 aromatic heterocycles. The Bertz CT molecular complexity index is 185. The van der Waals surface area contributed by atoms with Crippen molar-refractivity contribution in [1.29, 1.82) is 0 Å². The highest BCUT2D eigenvalue weighted by Gasteiger charge is 2.25. The summed E-state index contributed by atoms with van der Waals surface area (Å²) in [6, 6.07) is 0. The van der Waals surface area contributed by atoms with Gasteiger partial charge in [0.1, 0.15) is 0 Å². The molecule has 1 saturated heterocycles. The Hall–Kier alpha value is 0.490. The van der Waals surface area contributed by atoms with Crippen molar-refractivity contribution in [1.82, 2.24) is 5.32 Å². The first-order valence-electron chi connectivity index (χ1n) is 2.75. The monoisotopic (exact) mass is 205 g/mol. The summed E-state index contributed by atoms with van der Waals surface area (Å²) in [7, 11) is 1.78. The number of rotatable bonds is 1. The van der Waals surface area contributed by atoms with E-state index in [2.05, 4.69) is 5.32 Å². The van der Waals surface area contributed by atoms with Gasteiger partial charge in [-0.05, 0) is 13.0 Å². The Balaban J connectivity index is 0.000000810. The fourth-order valence-corrected chi connectivity index (χ4v) is 2.04. The lowest BCUT2D eigenvalue weighted by atomic mass is 10.4. The van der Waals surface area contributed by atoms with Crippen molar-refractivity contribution in [3.8, 4) is 0 Å². The van der Waals surface area contributed by atoms with Gasteiger partial charge in [-0.15, -0.1) is 12.4 Å². The summed E-state index contributed by atoms with van der Waals surface area (Å²) in [5.41, 5.74) is 0. The van der Waals surface area contributed by atoms with Gasteiger partial charge in [-0.3, -0.25) is 0 Å². The maximum absolute atomic E-state index is 10.6. The SMILES string of the molecule is Cl.O=S(=O)(Cl)C1CCNC1. The van der Waals surface area contributed by atoms with Crippen LogP contribution >= 0.6 is 23.1 Å². The van der Waals surface area contributed by atoms with Gasteiger partial charge in [0.05, 0.1) is 5.25 Å². The molecule has 1 aliphatic rings. The second-order valence-electron chi connectivity index (χ2n) is 2.09. The van der Waals surface area contributed by atoms with E-state index < -0.39 is 9.05 Å². The lowest BCUT2D eigenvalue weighted by Gasteiger charge is -1.99. The molecule has 0 bridgehead atoms. The van der Waals surface area contributed by atoms with Crippen molar-refractivity contribution in [3.63, 3.8) is 0 Å². The molecule has 1 atom stereocenters. The Labute approximate surface area is 71.0 Å². The van der Waals surface area contributed by atoms with Crippen molar-refractivity contribution in [3.05, 3.63) is 0 Å².